The maximum absolute atomic E-state index is 4.46. The zero-order valence-electron chi connectivity index (χ0n) is 8.59. The van der Waals surface area contributed by atoms with E-state index in [1.54, 1.807) is 6.33 Å². The summed E-state index contributed by atoms with van der Waals surface area (Å²) in [6.07, 6.45) is 4.27. The molecule has 0 aromatic carbocycles. The third-order valence-corrected chi connectivity index (χ3v) is 2.63. The molecule has 0 atom stereocenters. The average Bonchev–Trinajstić information content (AvgIpc) is 2.96. The van der Waals surface area contributed by atoms with Crippen LogP contribution in [0.4, 0.5) is 0 Å². The van der Waals surface area contributed by atoms with E-state index in [-0.39, 0.29) is 0 Å². The van der Waals surface area contributed by atoms with E-state index in [0.29, 0.717) is 6.04 Å². The van der Waals surface area contributed by atoms with E-state index in [0.717, 1.165) is 17.2 Å². The van der Waals surface area contributed by atoms with Gasteiger partial charge in [-0.15, -0.1) is 10.2 Å². The van der Waals surface area contributed by atoms with Gasteiger partial charge in [0.2, 0.25) is 0 Å². The summed E-state index contributed by atoms with van der Waals surface area (Å²) in [5.74, 6) is 0.890. The predicted octanol–water partition coefficient (Wildman–Crippen LogP) is 1.98. The van der Waals surface area contributed by atoms with Crippen LogP contribution in [0.5, 0.6) is 0 Å². The summed E-state index contributed by atoms with van der Waals surface area (Å²) in [6.45, 7) is 1.99. The quantitative estimate of drug-likeness (QED) is 0.744. The SMILES string of the molecule is Cc1cccc(-c2nncn2C2CC2)n1. The molecule has 4 heteroatoms. The van der Waals surface area contributed by atoms with Gasteiger partial charge in [0.25, 0.3) is 0 Å². The van der Waals surface area contributed by atoms with Crippen LogP contribution in [0.2, 0.25) is 0 Å². The van der Waals surface area contributed by atoms with Crippen LogP contribution >= 0.6 is 0 Å². The van der Waals surface area contributed by atoms with E-state index in [2.05, 4.69) is 19.7 Å². The fraction of sp³-hybridized carbons (Fsp3) is 0.364. The van der Waals surface area contributed by atoms with Gasteiger partial charge >= 0.3 is 0 Å². The van der Waals surface area contributed by atoms with Crippen LogP contribution in [0, 0.1) is 6.92 Å². The van der Waals surface area contributed by atoms with Crippen molar-refractivity contribution < 1.29 is 0 Å². The van der Waals surface area contributed by atoms with Gasteiger partial charge in [0.15, 0.2) is 5.82 Å². The smallest absolute Gasteiger partial charge is 0.182 e. The molecule has 3 rings (SSSR count). The number of hydrogen-bond acceptors (Lipinski definition) is 3. The van der Waals surface area contributed by atoms with Gasteiger partial charge in [-0.05, 0) is 31.9 Å². The second kappa shape index (κ2) is 3.15. The fourth-order valence-electron chi connectivity index (χ4n) is 1.71. The molecule has 0 N–H and O–H groups in total. The van der Waals surface area contributed by atoms with Gasteiger partial charge in [0, 0.05) is 11.7 Å². The van der Waals surface area contributed by atoms with Crippen molar-refractivity contribution in [3.8, 4) is 11.5 Å². The average molecular weight is 200 g/mol. The van der Waals surface area contributed by atoms with Crippen molar-refractivity contribution in [2.45, 2.75) is 25.8 Å². The van der Waals surface area contributed by atoms with Crippen molar-refractivity contribution in [3.63, 3.8) is 0 Å². The molecule has 0 unspecified atom stereocenters. The maximum Gasteiger partial charge on any atom is 0.182 e. The maximum atomic E-state index is 4.46. The summed E-state index contributed by atoms with van der Waals surface area (Å²) >= 11 is 0. The summed E-state index contributed by atoms with van der Waals surface area (Å²) in [6, 6.07) is 6.57. The van der Waals surface area contributed by atoms with Gasteiger partial charge in [-0.3, -0.25) is 0 Å². The zero-order chi connectivity index (χ0) is 10.3. The monoisotopic (exact) mass is 200 g/mol. The third-order valence-electron chi connectivity index (χ3n) is 2.63. The first-order chi connectivity index (χ1) is 7.34. The summed E-state index contributed by atoms with van der Waals surface area (Å²) in [7, 11) is 0. The highest BCUT2D eigenvalue weighted by Crippen LogP contribution is 2.37. The first kappa shape index (κ1) is 8.59. The van der Waals surface area contributed by atoms with Crippen molar-refractivity contribution in [3.05, 3.63) is 30.2 Å². The van der Waals surface area contributed by atoms with Crippen LogP contribution in [0.1, 0.15) is 24.6 Å². The number of aryl methyl sites for hydroxylation is 1. The Balaban J connectivity index is 2.07. The topological polar surface area (TPSA) is 43.6 Å². The predicted molar refractivity (Wildman–Crippen MR) is 56.3 cm³/mol. The Kier molecular flexibility index (Phi) is 1.80. The molecule has 2 heterocycles. The van der Waals surface area contributed by atoms with E-state index in [1.165, 1.54) is 12.8 Å². The Morgan fingerprint density at radius 2 is 2.20 bits per heavy atom. The minimum atomic E-state index is 0.595. The molecule has 0 bridgehead atoms. The lowest BCUT2D eigenvalue weighted by atomic mass is 10.3. The molecule has 0 spiro atoms. The number of nitrogens with zero attached hydrogens (tertiary/aromatic N) is 4. The van der Waals surface area contributed by atoms with E-state index >= 15 is 0 Å². The number of hydrogen-bond donors (Lipinski definition) is 0. The van der Waals surface area contributed by atoms with Gasteiger partial charge in [-0.1, -0.05) is 6.07 Å². The molecule has 76 valence electrons. The van der Waals surface area contributed by atoms with Crippen molar-refractivity contribution in [2.75, 3.05) is 0 Å². The van der Waals surface area contributed by atoms with Crippen molar-refractivity contribution >= 4 is 0 Å². The van der Waals surface area contributed by atoms with E-state index in [4.69, 9.17) is 0 Å². The molecule has 0 amide bonds. The molecule has 1 aliphatic rings. The van der Waals surface area contributed by atoms with Crippen LogP contribution in [0.3, 0.4) is 0 Å². The van der Waals surface area contributed by atoms with E-state index < -0.39 is 0 Å². The lowest BCUT2D eigenvalue weighted by Crippen LogP contribution is -1.98. The second-order valence-electron chi connectivity index (χ2n) is 3.96. The van der Waals surface area contributed by atoms with Crippen LogP contribution in [0.15, 0.2) is 24.5 Å². The number of aromatic nitrogens is 4. The molecule has 4 nitrogen and oxygen atoms in total. The van der Waals surface area contributed by atoms with Crippen molar-refractivity contribution in [2.24, 2.45) is 0 Å². The zero-order valence-corrected chi connectivity index (χ0v) is 8.59. The van der Waals surface area contributed by atoms with Crippen molar-refractivity contribution in [1.29, 1.82) is 0 Å². The summed E-state index contributed by atoms with van der Waals surface area (Å²) in [5.41, 5.74) is 1.93. The molecule has 1 aliphatic carbocycles. The first-order valence-electron chi connectivity index (χ1n) is 5.18. The first-order valence-corrected chi connectivity index (χ1v) is 5.18. The Labute approximate surface area is 88.0 Å². The number of rotatable bonds is 2. The molecular formula is C11H12N4. The van der Waals surface area contributed by atoms with Crippen molar-refractivity contribution in [1.82, 2.24) is 19.7 Å². The van der Waals surface area contributed by atoms with Gasteiger partial charge in [0.05, 0.1) is 0 Å². The molecule has 2 aromatic heterocycles. The highest BCUT2D eigenvalue weighted by Gasteiger charge is 2.26. The summed E-state index contributed by atoms with van der Waals surface area (Å²) < 4.78 is 2.13. The largest absolute Gasteiger partial charge is 0.309 e. The van der Waals surface area contributed by atoms with Gasteiger partial charge in [0.1, 0.15) is 12.0 Å². The standard InChI is InChI=1S/C11H12N4/c1-8-3-2-4-10(13-8)11-14-12-7-15(11)9-5-6-9/h2-4,7,9H,5-6H2,1H3. The Hall–Kier alpha value is -1.71. The molecule has 1 saturated carbocycles. The van der Waals surface area contributed by atoms with Crippen LogP contribution in [-0.2, 0) is 0 Å². The van der Waals surface area contributed by atoms with Gasteiger partial charge in [-0.2, -0.15) is 0 Å². The van der Waals surface area contributed by atoms with Crippen LogP contribution < -0.4 is 0 Å². The normalized spacial score (nSPS) is 15.5. The summed E-state index contributed by atoms with van der Waals surface area (Å²) in [5, 5.41) is 8.10. The third kappa shape index (κ3) is 1.52. The lowest BCUT2D eigenvalue weighted by molar-refractivity contribution is 0.743. The lowest BCUT2D eigenvalue weighted by Gasteiger charge is -2.03. The van der Waals surface area contributed by atoms with E-state index in [1.807, 2.05) is 25.1 Å². The Morgan fingerprint density at radius 1 is 1.33 bits per heavy atom. The molecule has 0 radical (unpaired) electrons. The molecule has 15 heavy (non-hydrogen) atoms. The van der Waals surface area contributed by atoms with Gasteiger partial charge in [-0.25, -0.2) is 4.98 Å². The molecule has 0 aliphatic heterocycles. The Bertz CT molecular complexity index is 485. The highest BCUT2D eigenvalue weighted by atomic mass is 15.3. The number of pyridine rings is 1. The molecule has 1 fully saturated rings. The Morgan fingerprint density at radius 3 is 2.93 bits per heavy atom. The second-order valence-corrected chi connectivity index (χ2v) is 3.96. The van der Waals surface area contributed by atoms with Gasteiger partial charge < -0.3 is 4.57 Å². The molecule has 0 saturated heterocycles. The summed E-state index contributed by atoms with van der Waals surface area (Å²) in [4.78, 5) is 4.46. The highest BCUT2D eigenvalue weighted by molar-refractivity contribution is 5.49. The van der Waals surface area contributed by atoms with E-state index in [9.17, 15) is 0 Å². The van der Waals surface area contributed by atoms with Crippen LogP contribution in [-0.4, -0.2) is 19.7 Å². The fourth-order valence-corrected chi connectivity index (χ4v) is 1.71. The molecular weight excluding hydrogens is 188 g/mol. The minimum Gasteiger partial charge on any atom is -0.309 e. The van der Waals surface area contributed by atoms with Crippen LogP contribution in [0.25, 0.3) is 11.5 Å². The minimum absolute atomic E-state index is 0.595. The molecule has 2 aromatic rings.